The fourth-order valence-corrected chi connectivity index (χ4v) is 2.87. The lowest BCUT2D eigenvalue weighted by Crippen LogP contribution is -2.24. The Hall–Kier alpha value is -2.37. The molecule has 2 heterocycles. The van der Waals surface area contributed by atoms with Crippen molar-refractivity contribution in [3.63, 3.8) is 0 Å². The number of aromatic nitrogens is 2. The maximum absolute atomic E-state index is 12.3. The van der Waals surface area contributed by atoms with Crippen LogP contribution in [0, 0.1) is 0 Å². The van der Waals surface area contributed by atoms with E-state index >= 15 is 0 Å². The summed E-state index contributed by atoms with van der Waals surface area (Å²) in [6.45, 7) is 8.05. The lowest BCUT2D eigenvalue weighted by molar-refractivity contribution is -0.128. The van der Waals surface area contributed by atoms with Gasteiger partial charge in [0.05, 0.1) is 12.5 Å². The van der Waals surface area contributed by atoms with Crippen molar-refractivity contribution < 1.29 is 14.1 Å². The lowest BCUT2D eigenvalue weighted by atomic mass is 10.1. The van der Waals surface area contributed by atoms with Crippen molar-refractivity contribution in [2.24, 2.45) is 0 Å². The van der Waals surface area contributed by atoms with Gasteiger partial charge in [-0.15, -0.1) is 0 Å². The molecule has 0 spiro atoms. The van der Waals surface area contributed by atoms with Gasteiger partial charge in [-0.2, -0.15) is 4.98 Å². The first-order valence-corrected chi connectivity index (χ1v) is 8.89. The molecule has 0 radical (unpaired) electrons. The van der Waals surface area contributed by atoms with Crippen molar-refractivity contribution in [1.82, 2.24) is 15.0 Å². The van der Waals surface area contributed by atoms with Gasteiger partial charge in [0, 0.05) is 25.4 Å². The average Bonchev–Trinajstić information content (AvgIpc) is 3.22. The molecular weight excluding hydrogens is 318 g/mol. The quantitative estimate of drug-likeness (QED) is 0.769. The molecule has 1 fully saturated rings. The van der Waals surface area contributed by atoms with E-state index in [1.807, 2.05) is 43.0 Å². The van der Waals surface area contributed by atoms with Gasteiger partial charge in [0.1, 0.15) is 5.75 Å². The lowest BCUT2D eigenvalue weighted by Gasteiger charge is -2.16. The minimum Gasteiger partial charge on any atom is -0.494 e. The normalized spacial score (nSPS) is 17.5. The predicted octanol–water partition coefficient (Wildman–Crippen LogP) is 3.50. The molecule has 134 valence electrons. The van der Waals surface area contributed by atoms with E-state index in [9.17, 15) is 4.79 Å². The maximum Gasteiger partial charge on any atom is 0.232 e. The fraction of sp³-hybridized carbons (Fsp3) is 0.526. The average molecular weight is 343 g/mol. The van der Waals surface area contributed by atoms with Gasteiger partial charge in [0.2, 0.25) is 11.8 Å². The van der Waals surface area contributed by atoms with Crippen LogP contribution in [0.1, 0.15) is 62.7 Å². The molecular formula is C19H25N3O3. The zero-order valence-corrected chi connectivity index (χ0v) is 15.1. The summed E-state index contributed by atoms with van der Waals surface area (Å²) in [5.74, 6) is 2.47. The number of ether oxygens (including phenoxy) is 1. The molecule has 1 aromatic heterocycles. The highest BCUT2D eigenvalue weighted by atomic mass is 16.5. The zero-order chi connectivity index (χ0) is 17.8. The van der Waals surface area contributed by atoms with Crippen molar-refractivity contribution in [1.29, 1.82) is 0 Å². The van der Waals surface area contributed by atoms with E-state index in [-0.39, 0.29) is 17.7 Å². The SMILES string of the molecule is CCCOc1ccc(CN2CC(c3nc(C(C)C)no3)CC2=O)cc1. The van der Waals surface area contributed by atoms with Crippen LogP contribution in [-0.2, 0) is 11.3 Å². The number of benzene rings is 1. The van der Waals surface area contributed by atoms with Crippen LogP contribution in [0.4, 0.5) is 0 Å². The second kappa shape index (κ2) is 7.68. The summed E-state index contributed by atoms with van der Waals surface area (Å²) >= 11 is 0. The Kier molecular flexibility index (Phi) is 5.36. The summed E-state index contributed by atoms with van der Waals surface area (Å²) < 4.78 is 10.9. The molecule has 1 aliphatic rings. The zero-order valence-electron chi connectivity index (χ0n) is 15.1. The number of rotatable bonds is 7. The third-order valence-electron chi connectivity index (χ3n) is 4.31. The van der Waals surface area contributed by atoms with Crippen LogP contribution in [0.25, 0.3) is 0 Å². The third-order valence-corrected chi connectivity index (χ3v) is 4.31. The van der Waals surface area contributed by atoms with E-state index in [0.717, 1.165) is 17.7 Å². The van der Waals surface area contributed by atoms with Gasteiger partial charge in [-0.3, -0.25) is 4.79 Å². The second-order valence-electron chi connectivity index (χ2n) is 6.81. The largest absolute Gasteiger partial charge is 0.494 e. The highest BCUT2D eigenvalue weighted by Gasteiger charge is 2.34. The van der Waals surface area contributed by atoms with Gasteiger partial charge in [0.15, 0.2) is 5.82 Å². The number of carbonyl (C=O) groups is 1. The molecule has 1 unspecified atom stereocenters. The molecule has 6 heteroatoms. The Morgan fingerprint density at radius 2 is 2.08 bits per heavy atom. The second-order valence-corrected chi connectivity index (χ2v) is 6.81. The molecule has 1 saturated heterocycles. The van der Waals surface area contributed by atoms with E-state index in [1.54, 1.807) is 0 Å². The monoisotopic (exact) mass is 343 g/mol. The Morgan fingerprint density at radius 3 is 2.72 bits per heavy atom. The summed E-state index contributed by atoms with van der Waals surface area (Å²) in [5, 5.41) is 4.00. The van der Waals surface area contributed by atoms with Gasteiger partial charge < -0.3 is 14.2 Å². The molecule has 1 amide bonds. The third kappa shape index (κ3) is 4.18. The summed E-state index contributed by atoms with van der Waals surface area (Å²) in [6.07, 6.45) is 1.41. The smallest absolute Gasteiger partial charge is 0.232 e. The van der Waals surface area contributed by atoms with E-state index in [0.29, 0.717) is 37.8 Å². The topological polar surface area (TPSA) is 68.5 Å². The van der Waals surface area contributed by atoms with Crippen LogP contribution in [-0.4, -0.2) is 34.1 Å². The van der Waals surface area contributed by atoms with Crippen molar-refractivity contribution >= 4 is 5.91 Å². The fourth-order valence-electron chi connectivity index (χ4n) is 2.87. The van der Waals surface area contributed by atoms with Crippen LogP contribution in [0.15, 0.2) is 28.8 Å². The molecule has 2 aromatic rings. The van der Waals surface area contributed by atoms with Gasteiger partial charge in [-0.25, -0.2) is 0 Å². The van der Waals surface area contributed by atoms with Crippen LogP contribution in [0.3, 0.4) is 0 Å². The first-order chi connectivity index (χ1) is 12.1. The standard InChI is InChI=1S/C19H25N3O3/c1-4-9-24-16-7-5-14(6-8-16)11-22-12-15(10-17(22)23)19-20-18(13(2)3)21-25-19/h5-8,13,15H,4,9-12H2,1-3H3. The molecule has 6 nitrogen and oxygen atoms in total. The summed E-state index contributed by atoms with van der Waals surface area (Å²) in [7, 11) is 0. The Bertz CT molecular complexity index is 709. The molecule has 1 aromatic carbocycles. The van der Waals surface area contributed by atoms with Crippen LogP contribution >= 0.6 is 0 Å². The first-order valence-electron chi connectivity index (χ1n) is 8.89. The van der Waals surface area contributed by atoms with Crippen molar-refractivity contribution in [2.45, 2.75) is 52.0 Å². The van der Waals surface area contributed by atoms with Crippen LogP contribution in [0.2, 0.25) is 0 Å². The summed E-state index contributed by atoms with van der Waals surface area (Å²) in [5.41, 5.74) is 1.09. The molecule has 0 N–H and O–H groups in total. The number of nitrogens with zero attached hydrogens (tertiary/aromatic N) is 3. The Labute approximate surface area is 148 Å². The number of hydrogen-bond donors (Lipinski definition) is 0. The highest BCUT2D eigenvalue weighted by molar-refractivity contribution is 5.79. The maximum atomic E-state index is 12.3. The van der Waals surface area contributed by atoms with Crippen LogP contribution < -0.4 is 4.74 Å². The van der Waals surface area contributed by atoms with Crippen molar-refractivity contribution in [2.75, 3.05) is 13.2 Å². The number of carbonyl (C=O) groups excluding carboxylic acids is 1. The van der Waals surface area contributed by atoms with E-state index in [1.165, 1.54) is 0 Å². The highest BCUT2D eigenvalue weighted by Crippen LogP contribution is 2.29. The molecule has 25 heavy (non-hydrogen) atoms. The van der Waals surface area contributed by atoms with E-state index in [4.69, 9.17) is 9.26 Å². The molecule has 0 aliphatic carbocycles. The molecule has 1 atom stereocenters. The minimum atomic E-state index is -0.0142. The predicted molar refractivity (Wildman–Crippen MR) is 93.4 cm³/mol. The minimum absolute atomic E-state index is 0.0142. The first kappa shape index (κ1) is 17.5. The Balaban J connectivity index is 1.60. The van der Waals surface area contributed by atoms with Gasteiger partial charge in [0.25, 0.3) is 0 Å². The number of hydrogen-bond acceptors (Lipinski definition) is 5. The number of likely N-dealkylation sites (tertiary alicyclic amines) is 1. The van der Waals surface area contributed by atoms with Gasteiger partial charge in [-0.05, 0) is 24.1 Å². The van der Waals surface area contributed by atoms with Crippen LogP contribution in [0.5, 0.6) is 5.75 Å². The number of amides is 1. The molecule has 0 saturated carbocycles. The van der Waals surface area contributed by atoms with Gasteiger partial charge in [-0.1, -0.05) is 38.1 Å². The van der Waals surface area contributed by atoms with E-state index < -0.39 is 0 Å². The molecule has 3 rings (SSSR count). The van der Waals surface area contributed by atoms with Crippen molar-refractivity contribution in [3.8, 4) is 5.75 Å². The van der Waals surface area contributed by atoms with E-state index in [2.05, 4.69) is 17.1 Å². The molecule has 1 aliphatic heterocycles. The van der Waals surface area contributed by atoms with Gasteiger partial charge >= 0.3 is 0 Å². The van der Waals surface area contributed by atoms with Crippen molar-refractivity contribution in [3.05, 3.63) is 41.5 Å². The molecule has 0 bridgehead atoms. The summed E-state index contributed by atoms with van der Waals surface area (Å²) in [6, 6.07) is 7.93. The Morgan fingerprint density at radius 1 is 1.32 bits per heavy atom. The summed E-state index contributed by atoms with van der Waals surface area (Å²) in [4.78, 5) is 18.6.